The van der Waals surface area contributed by atoms with Gasteiger partial charge in [0.2, 0.25) is 0 Å². The molecule has 0 spiro atoms. The Kier molecular flexibility index (Phi) is 6.98. The van der Waals surface area contributed by atoms with Gasteiger partial charge in [0, 0.05) is 5.56 Å². The molecule has 0 N–H and O–H groups in total. The second-order valence-corrected chi connectivity index (χ2v) is 6.92. The van der Waals surface area contributed by atoms with Crippen LogP contribution < -0.4 is 9.47 Å². The third-order valence-corrected chi connectivity index (χ3v) is 4.77. The number of hydrogen-bond donors (Lipinski definition) is 0. The molecule has 1 aromatic heterocycles. The summed E-state index contributed by atoms with van der Waals surface area (Å²) in [5.74, 6) is 1.26. The zero-order valence-electron chi connectivity index (χ0n) is 16.9. The lowest BCUT2D eigenvalue weighted by molar-refractivity contribution is -0.137. The molecule has 0 fully saturated rings. The first-order chi connectivity index (χ1) is 14.4. The minimum atomic E-state index is -4.36. The first-order valence-corrected chi connectivity index (χ1v) is 9.86. The van der Waals surface area contributed by atoms with Gasteiger partial charge in [-0.1, -0.05) is 43.7 Å². The molecule has 0 saturated heterocycles. The lowest BCUT2D eigenvalue weighted by Crippen LogP contribution is -2.11. The highest BCUT2D eigenvalue weighted by atomic mass is 19.4. The van der Waals surface area contributed by atoms with Crippen LogP contribution in [0.5, 0.6) is 11.5 Å². The average Bonchev–Trinajstić information content (AvgIpc) is 2.76. The third-order valence-electron chi connectivity index (χ3n) is 4.77. The topological polar surface area (TPSA) is 31.4 Å². The van der Waals surface area contributed by atoms with Crippen LogP contribution in [0.1, 0.15) is 43.5 Å². The minimum Gasteiger partial charge on any atom is -0.493 e. The predicted octanol–water partition coefficient (Wildman–Crippen LogP) is 7.09. The van der Waals surface area contributed by atoms with Gasteiger partial charge in [0.05, 0.1) is 24.1 Å². The van der Waals surface area contributed by atoms with Crippen LogP contribution in [-0.4, -0.2) is 12.1 Å². The Hall–Kier alpha value is -3.02. The van der Waals surface area contributed by atoms with Crippen LogP contribution in [0.25, 0.3) is 11.3 Å². The van der Waals surface area contributed by atoms with E-state index in [1.165, 1.54) is 12.1 Å². The van der Waals surface area contributed by atoms with Crippen LogP contribution in [0.3, 0.4) is 0 Å². The molecule has 0 aliphatic rings. The normalized spacial score (nSPS) is 12.4. The van der Waals surface area contributed by atoms with Crippen LogP contribution in [0.15, 0.2) is 66.7 Å². The molecule has 0 saturated carbocycles. The Labute approximate surface area is 174 Å². The van der Waals surface area contributed by atoms with Crippen molar-refractivity contribution in [3.05, 3.63) is 78.0 Å². The van der Waals surface area contributed by atoms with E-state index in [1.54, 1.807) is 13.2 Å². The minimum absolute atomic E-state index is 0.296. The summed E-state index contributed by atoms with van der Waals surface area (Å²) in [6, 6.07) is 18.0. The molecule has 0 radical (unpaired) electrons. The molecule has 2 aromatic carbocycles. The van der Waals surface area contributed by atoms with E-state index in [0.29, 0.717) is 22.8 Å². The Morgan fingerprint density at radius 3 is 2.23 bits per heavy atom. The molecule has 3 aromatic rings. The largest absolute Gasteiger partial charge is 0.493 e. The summed E-state index contributed by atoms with van der Waals surface area (Å²) < 4.78 is 50.1. The summed E-state index contributed by atoms with van der Waals surface area (Å²) in [7, 11) is 1.59. The summed E-state index contributed by atoms with van der Waals surface area (Å²) in [6.45, 7) is 2.10. The van der Waals surface area contributed by atoms with Crippen molar-refractivity contribution < 1.29 is 22.6 Å². The molecule has 1 heterocycles. The zero-order chi connectivity index (χ0) is 21.6. The van der Waals surface area contributed by atoms with E-state index in [2.05, 4.69) is 6.92 Å². The maximum Gasteiger partial charge on any atom is 0.416 e. The zero-order valence-corrected chi connectivity index (χ0v) is 16.9. The quantitative estimate of drug-likeness (QED) is 0.394. The molecule has 0 unspecified atom stereocenters. The number of pyridine rings is 1. The molecule has 0 bridgehead atoms. The maximum atomic E-state index is 12.8. The molecule has 0 aliphatic heterocycles. The second-order valence-electron chi connectivity index (χ2n) is 6.92. The molecule has 6 heteroatoms. The van der Waals surface area contributed by atoms with E-state index in [9.17, 15) is 13.2 Å². The average molecular weight is 415 g/mol. The number of unbranched alkanes of at least 4 members (excludes halogenated alkanes) is 1. The first kappa shape index (κ1) is 21.7. The Morgan fingerprint density at radius 1 is 0.900 bits per heavy atom. The van der Waals surface area contributed by atoms with Gasteiger partial charge in [-0.2, -0.15) is 13.2 Å². The van der Waals surface area contributed by atoms with Gasteiger partial charge in [-0.25, -0.2) is 4.98 Å². The lowest BCUT2D eigenvalue weighted by atomic mass is 10.1. The Balaban J connectivity index is 1.89. The van der Waals surface area contributed by atoms with Gasteiger partial charge in [0.1, 0.15) is 6.10 Å². The van der Waals surface area contributed by atoms with Crippen molar-refractivity contribution in [1.82, 2.24) is 4.98 Å². The van der Waals surface area contributed by atoms with Gasteiger partial charge in [-0.3, -0.25) is 0 Å². The summed E-state index contributed by atoms with van der Waals surface area (Å²) >= 11 is 0. The summed E-state index contributed by atoms with van der Waals surface area (Å²) in [4.78, 5) is 4.69. The molecule has 30 heavy (non-hydrogen) atoms. The highest BCUT2D eigenvalue weighted by Crippen LogP contribution is 2.34. The Bertz CT molecular complexity index is 955. The van der Waals surface area contributed by atoms with Crippen LogP contribution in [0, 0.1) is 0 Å². The van der Waals surface area contributed by atoms with E-state index in [1.807, 2.05) is 36.4 Å². The second kappa shape index (κ2) is 9.65. The molecule has 0 aliphatic carbocycles. The SMILES string of the molecule is CCCC[C@H](Oc1ccccc1OC)c1cccc(-c2ccc(C(F)(F)F)cc2)n1. The summed E-state index contributed by atoms with van der Waals surface area (Å²) in [5, 5.41) is 0. The fraction of sp³-hybridized carbons (Fsp3) is 0.292. The number of methoxy groups -OCH3 is 1. The highest BCUT2D eigenvalue weighted by molar-refractivity contribution is 5.59. The van der Waals surface area contributed by atoms with E-state index >= 15 is 0 Å². The number of benzene rings is 2. The van der Waals surface area contributed by atoms with Crippen molar-refractivity contribution in [3.63, 3.8) is 0 Å². The number of nitrogens with zero attached hydrogens (tertiary/aromatic N) is 1. The molecule has 1 atom stereocenters. The van der Waals surface area contributed by atoms with Crippen molar-refractivity contribution in [3.8, 4) is 22.8 Å². The summed E-state index contributed by atoms with van der Waals surface area (Å²) in [5.41, 5.74) is 1.28. The van der Waals surface area contributed by atoms with Gasteiger partial charge >= 0.3 is 6.18 Å². The first-order valence-electron chi connectivity index (χ1n) is 9.86. The predicted molar refractivity (Wildman–Crippen MR) is 111 cm³/mol. The third kappa shape index (κ3) is 5.32. The van der Waals surface area contributed by atoms with Gasteiger partial charge in [-0.05, 0) is 49.2 Å². The monoisotopic (exact) mass is 415 g/mol. The van der Waals surface area contributed by atoms with Crippen LogP contribution in [0.4, 0.5) is 13.2 Å². The number of halogens is 3. The van der Waals surface area contributed by atoms with Crippen LogP contribution in [0.2, 0.25) is 0 Å². The summed E-state index contributed by atoms with van der Waals surface area (Å²) in [6.07, 6.45) is -1.94. The van der Waals surface area contributed by atoms with Crippen molar-refractivity contribution in [2.45, 2.75) is 38.5 Å². The van der Waals surface area contributed by atoms with Crippen LogP contribution in [-0.2, 0) is 6.18 Å². The fourth-order valence-electron chi connectivity index (χ4n) is 3.15. The standard InChI is InChI=1S/C24H24F3NO2/c1-3-4-10-21(30-23-12-6-5-11-22(23)29-2)20-9-7-8-19(28-20)17-13-15-18(16-14-17)24(25,26)27/h5-9,11-16,21H,3-4,10H2,1-2H3/t21-/m0/s1. The maximum absolute atomic E-state index is 12.8. The number of hydrogen-bond acceptors (Lipinski definition) is 3. The van der Waals surface area contributed by atoms with Crippen molar-refractivity contribution in [2.24, 2.45) is 0 Å². The number of ether oxygens (including phenoxy) is 2. The molecular weight excluding hydrogens is 391 g/mol. The van der Waals surface area contributed by atoms with Gasteiger partial charge in [0.15, 0.2) is 11.5 Å². The number of alkyl halides is 3. The van der Waals surface area contributed by atoms with Crippen molar-refractivity contribution in [2.75, 3.05) is 7.11 Å². The Morgan fingerprint density at radius 2 is 1.60 bits per heavy atom. The van der Waals surface area contributed by atoms with E-state index in [-0.39, 0.29) is 6.10 Å². The van der Waals surface area contributed by atoms with Crippen molar-refractivity contribution >= 4 is 0 Å². The number of rotatable bonds is 8. The molecular formula is C24H24F3NO2. The van der Waals surface area contributed by atoms with Crippen LogP contribution >= 0.6 is 0 Å². The smallest absolute Gasteiger partial charge is 0.416 e. The molecule has 3 rings (SSSR count). The number of aromatic nitrogens is 1. The lowest BCUT2D eigenvalue weighted by Gasteiger charge is -2.20. The van der Waals surface area contributed by atoms with Gasteiger partial charge < -0.3 is 9.47 Å². The van der Waals surface area contributed by atoms with E-state index < -0.39 is 11.7 Å². The highest BCUT2D eigenvalue weighted by Gasteiger charge is 2.30. The molecule has 158 valence electrons. The van der Waals surface area contributed by atoms with Gasteiger partial charge in [-0.15, -0.1) is 0 Å². The van der Waals surface area contributed by atoms with E-state index in [4.69, 9.17) is 14.5 Å². The van der Waals surface area contributed by atoms with Gasteiger partial charge in [0.25, 0.3) is 0 Å². The van der Waals surface area contributed by atoms with Crippen molar-refractivity contribution in [1.29, 1.82) is 0 Å². The molecule has 3 nitrogen and oxygen atoms in total. The molecule has 0 amide bonds. The number of para-hydroxylation sites is 2. The fourth-order valence-corrected chi connectivity index (χ4v) is 3.15. The van der Waals surface area contributed by atoms with E-state index in [0.717, 1.165) is 37.1 Å².